The lowest BCUT2D eigenvalue weighted by Crippen LogP contribution is -2.24. The molecule has 100 valence electrons. The van der Waals surface area contributed by atoms with E-state index in [1.165, 1.54) is 6.42 Å². The Morgan fingerprint density at radius 2 is 2.21 bits per heavy atom. The summed E-state index contributed by atoms with van der Waals surface area (Å²) in [6, 6.07) is 1.83. The summed E-state index contributed by atoms with van der Waals surface area (Å²) in [6.07, 6.45) is 5.12. The molecule has 1 aliphatic heterocycles. The number of pyridine rings is 1. The summed E-state index contributed by atoms with van der Waals surface area (Å²) in [6.45, 7) is 3.26. The van der Waals surface area contributed by atoms with Crippen LogP contribution in [0.4, 0.5) is 0 Å². The third-order valence-corrected chi connectivity index (χ3v) is 3.91. The van der Waals surface area contributed by atoms with E-state index in [2.05, 4.69) is 30.7 Å². The van der Waals surface area contributed by atoms with E-state index in [0.29, 0.717) is 6.54 Å². The fraction of sp³-hybridized carbons (Fsp3) is 0.462. The monoisotopic (exact) mass is 322 g/mol. The van der Waals surface area contributed by atoms with Crippen LogP contribution in [0.25, 0.3) is 0 Å². The van der Waals surface area contributed by atoms with Gasteiger partial charge in [-0.05, 0) is 41.8 Å². The highest BCUT2D eigenvalue weighted by Crippen LogP contribution is 2.15. The average Bonchev–Trinajstić information content (AvgIpc) is 2.79. The third-order valence-electron chi connectivity index (χ3n) is 3.48. The van der Waals surface area contributed by atoms with Gasteiger partial charge in [0.2, 0.25) is 0 Å². The molecule has 0 atom stereocenters. The smallest absolute Gasteiger partial charge is 0.253 e. The largest absolute Gasteiger partial charge is 0.313 e. The van der Waals surface area contributed by atoms with E-state index in [-0.39, 0.29) is 5.56 Å². The van der Waals surface area contributed by atoms with Crippen molar-refractivity contribution in [3.05, 3.63) is 44.3 Å². The molecule has 2 aromatic rings. The second-order valence-corrected chi connectivity index (χ2v) is 5.83. The second kappa shape index (κ2) is 4.92. The first kappa shape index (κ1) is 12.6. The molecule has 0 saturated carbocycles. The Kier molecular flexibility index (Phi) is 3.26. The van der Waals surface area contributed by atoms with Crippen LogP contribution in [0.3, 0.4) is 0 Å². The van der Waals surface area contributed by atoms with Crippen molar-refractivity contribution in [2.45, 2.75) is 39.3 Å². The van der Waals surface area contributed by atoms with Crippen molar-refractivity contribution < 1.29 is 0 Å². The summed E-state index contributed by atoms with van der Waals surface area (Å²) < 4.78 is 4.74. The molecule has 3 heterocycles. The number of hydrogen-bond donors (Lipinski definition) is 0. The van der Waals surface area contributed by atoms with Gasteiger partial charge < -0.3 is 9.13 Å². The fourth-order valence-electron chi connectivity index (χ4n) is 2.50. The molecule has 0 aromatic carbocycles. The Morgan fingerprint density at radius 1 is 1.37 bits per heavy atom. The zero-order valence-corrected chi connectivity index (χ0v) is 12.4. The lowest BCUT2D eigenvalue weighted by atomic mass is 10.2. The topological polar surface area (TPSA) is 52.7 Å². The van der Waals surface area contributed by atoms with E-state index >= 15 is 0 Å². The second-order valence-electron chi connectivity index (χ2n) is 4.92. The Labute approximate surface area is 119 Å². The van der Waals surface area contributed by atoms with Crippen LogP contribution in [0, 0.1) is 6.92 Å². The molecule has 1 aliphatic rings. The SMILES string of the molecule is Cc1cc(Br)cn(Cc2nnc3n2CCCC3)c1=O. The molecule has 0 radical (unpaired) electrons. The first-order valence-corrected chi connectivity index (χ1v) is 7.22. The van der Waals surface area contributed by atoms with Gasteiger partial charge in [0.15, 0.2) is 5.82 Å². The fourth-order valence-corrected chi connectivity index (χ4v) is 3.09. The number of nitrogens with zero attached hydrogens (tertiary/aromatic N) is 4. The van der Waals surface area contributed by atoms with Crippen molar-refractivity contribution in [1.82, 2.24) is 19.3 Å². The van der Waals surface area contributed by atoms with Gasteiger partial charge in [0, 0.05) is 29.2 Å². The lowest BCUT2D eigenvalue weighted by Gasteiger charge is -2.15. The first-order valence-electron chi connectivity index (χ1n) is 6.42. The number of hydrogen-bond acceptors (Lipinski definition) is 3. The highest BCUT2D eigenvalue weighted by Gasteiger charge is 2.16. The summed E-state index contributed by atoms with van der Waals surface area (Å²) in [4.78, 5) is 12.1. The molecule has 5 nitrogen and oxygen atoms in total. The predicted molar refractivity (Wildman–Crippen MR) is 75.2 cm³/mol. The van der Waals surface area contributed by atoms with Gasteiger partial charge in [-0.15, -0.1) is 10.2 Å². The maximum Gasteiger partial charge on any atom is 0.253 e. The van der Waals surface area contributed by atoms with Crippen LogP contribution in [0.15, 0.2) is 21.5 Å². The Balaban J connectivity index is 1.98. The molecule has 0 amide bonds. The van der Waals surface area contributed by atoms with Gasteiger partial charge in [-0.2, -0.15) is 0 Å². The zero-order valence-electron chi connectivity index (χ0n) is 10.8. The highest BCUT2D eigenvalue weighted by molar-refractivity contribution is 9.10. The maximum atomic E-state index is 12.1. The van der Waals surface area contributed by atoms with Gasteiger partial charge >= 0.3 is 0 Å². The minimum absolute atomic E-state index is 0.0244. The maximum absolute atomic E-state index is 12.1. The number of rotatable bonds is 2. The number of aryl methyl sites for hydroxylation is 2. The van der Waals surface area contributed by atoms with E-state index in [0.717, 1.165) is 41.1 Å². The molecular formula is C13H15BrN4O. The predicted octanol–water partition coefficient (Wildman–Crippen LogP) is 1.90. The molecule has 0 unspecified atom stereocenters. The van der Waals surface area contributed by atoms with Crippen molar-refractivity contribution in [1.29, 1.82) is 0 Å². The van der Waals surface area contributed by atoms with Crippen LogP contribution in [-0.4, -0.2) is 19.3 Å². The van der Waals surface area contributed by atoms with Crippen molar-refractivity contribution in [3.8, 4) is 0 Å². The zero-order chi connectivity index (χ0) is 13.4. The molecule has 19 heavy (non-hydrogen) atoms. The molecule has 0 spiro atoms. The van der Waals surface area contributed by atoms with E-state index in [1.54, 1.807) is 10.8 Å². The van der Waals surface area contributed by atoms with Crippen molar-refractivity contribution in [2.75, 3.05) is 0 Å². The quantitative estimate of drug-likeness (QED) is 0.848. The Hall–Kier alpha value is -1.43. The van der Waals surface area contributed by atoms with Gasteiger partial charge in [-0.3, -0.25) is 4.79 Å². The Morgan fingerprint density at radius 3 is 3.05 bits per heavy atom. The van der Waals surface area contributed by atoms with E-state index in [4.69, 9.17) is 0 Å². The Bertz CT molecular complexity index is 674. The molecule has 0 N–H and O–H groups in total. The van der Waals surface area contributed by atoms with Crippen molar-refractivity contribution >= 4 is 15.9 Å². The van der Waals surface area contributed by atoms with Crippen LogP contribution in [0.5, 0.6) is 0 Å². The van der Waals surface area contributed by atoms with E-state index in [9.17, 15) is 4.79 Å². The van der Waals surface area contributed by atoms with Crippen molar-refractivity contribution in [3.63, 3.8) is 0 Å². The van der Waals surface area contributed by atoms with Gasteiger partial charge in [-0.1, -0.05) is 0 Å². The van der Waals surface area contributed by atoms with Gasteiger partial charge in [0.05, 0.1) is 6.54 Å². The third kappa shape index (κ3) is 2.36. The standard InChI is InChI=1S/C13H15BrN4O/c1-9-6-10(14)7-17(13(9)19)8-12-16-15-11-4-2-3-5-18(11)12/h6-7H,2-5,8H2,1H3. The summed E-state index contributed by atoms with van der Waals surface area (Å²) in [5, 5.41) is 8.44. The molecule has 3 rings (SSSR count). The van der Waals surface area contributed by atoms with Crippen LogP contribution in [0.1, 0.15) is 30.1 Å². The molecule has 0 aliphatic carbocycles. The van der Waals surface area contributed by atoms with Gasteiger partial charge in [-0.25, -0.2) is 0 Å². The molecular weight excluding hydrogens is 308 g/mol. The summed E-state index contributed by atoms with van der Waals surface area (Å²) in [7, 11) is 0. The number of halogens is 1. The molecule has 0 saturated heterocycles. The van der Waals surface area contributed by atoms with Crippen LogP contribution in [0.2, 0.25) is 0 Å². The van der Waals surface area contributed by atoms with Crippen LogP contribution < -0.4 is 5.56 Å². The van der Waals surface area contributed by atoms with E-state index < -0.39 is 0 Å². The van der Waals surface area contributed by atoms with Gasteiger partial charge in [0.1, 0.15) is 5.82 Å². The highest BCUT2D eigenvalue weighted by atomic mass is 79.9. The minimum Gasteiger partial charge on any atom is -0.313 e. The molecule has 0 fully saturated rings. The number of aromatic nitrogens is 4. The summed E-state index contributed by atoms with van der Waals surface area (Å²) in [5.74, 6) is 1.91. The van der Waals surface area contributed by atoms with Crippen LogP contribution in [-0.2, 0) is 19.5 Å². The average molecular weight is 323 g/mol. The lowest BCUT2D eigenvalue weighted by molar-refractivity contribution is 0.500. The normalized spacial score (nSPS) is 14.4. The van der Waals surface area contributed by atoms with Crippen molar-refractivity contribution in [2.24, 2.45) is 0 Å². The first-order chi connectivity index (χ1) is 9.15. The van der Waals surface area contributed by atoms with Gasteiger partial charge in [0.25, 0.3) is 5.56 Å². The minimum atomic E-state index is 0.0244. The summed E-state index contributed by atoms with van der Waals surface area (Å²) in [5.41, 5.74) is 0.754. The van der Waals surface area contributed by atoms with Crippen LogP contribution >= 0.6 is 15.9 Å². The van der Waals surface area contributed by atoms with E-state index in [1.807, 2.05) is 13.0 Å². The molecule has 2 aromatic heterocycles. The number of fused-ring (bicyclic) bond motifs is 1. The molecule has 0 bridgehead atoms. The summed E-state index contributed by atoms with van der Waals surface area (Å²) >= 11 is 3.42. The molecule has 6 heteroatoms.